The van der Waals surface area contributed by atoms with Gasteiger partial charge in [0.25, 0.3) is 5.91 Å². The molecular weight excluding hydrogens is 326 g/mol. The molecule has 0 aromatic heterocycles. The van der Waals surface area contributed by atoms with Gasteiger partial charge in [0.05, 0.1) is 0 Å². The van der Waals surface area contributed by atoms with Crippen LogP contribution in [-0.2, 0) is 4.74 Å². The molecule has 4 nitrogen and oxygen atoms in total. The highest BCUT2D eigenvalue weighted by Crippen LogP contribution is 2.22. The number of hydrogen-bond acceptors (Lipinski definition) is 3. The molecule has 1 aliphatic heterocycles. The van der Waals surface area contributed by atoms with Gasteiger partial charge in [-0.15, -0.1) is 0 Å². The van der Waals surface area contributed by atoms with Crippen molar-refractivity contribution in [1.82, 2.24) is 5.32 Å². The van der Waals surface area contributed by atoms with Crippen molar-refractivity contribution in [3.8, 4) is 11.1 Å². The molecule has 1 saturated heterocycles. The Bertz CT molecular complexity index is 778. The minimum Gasteiger partial charge on any atom is -0.381 e. The molecule has 0 bridgehead atoms. The first-order valence-corrected chi connectivity index (χ1v) is 9.27. The molecule has 4 heteroatoms. The summed E-state index contributed by atoms with van der Waals surface area (Å²) in [6.45, 7) is 4.16. The van der Waals surface area contributed by atoms with Crippen LogP contribution in [0.1, 0.15) is 46.9 Å². The van der Waals surface area contributed by atoms with Crippen LogP contribution in [-0.4, -0.2) is 31.4 Å². The van der Waals surface area contributed by atoms with Gasteiger partial charge in [0.2, 0.25) is 0 Å². The normalized spacial score (nSPS) is 16.4. The van der Waals surface area contributed by atoms with Crippen molar-refractivity contribution in [2.75, 3.05) is 19.8 Å². The molecule has 0 radical (unpaired) electrons. The highest BCUT2D eigenvalue weighted by atomic mass is 16.5. The van der Waals surface area contributed by atoms with Crippen LogP contribution >= 0.6 is 0 Å². The largest absolute Gasteiger partial charge is 0.381 e. The van der Waals surface area contributed by atoms with Crippen LogP contribution < -0.4 is 5.32 Å². The third kappa shape index (κ3) is 4.58. The number of ether oxygens (including phenoxy) is 1. The quantitative estimate of drug-likeness (QED) is 0.764. The molecule has 1 heterocycles. The Kier molecular flexibility index (Phi) is 6.18. The number of Topliss-reactive ketones (excluding diaryl/α,β-unsaturated/α-hetero) is 1. The minimum atomic E-state index is -0.0634. The summed E-state index contributed by atoms with van der Waals surface area (Å²) >= 11 is 0. The number of rotatable bonds is 7. The number of ketones is 1. The highest BCUT2D eigenvalue weighted by Gasteiger charge is 2.15. The first-order valence-electron chi connectivity index (χ1n) is 9.27. The van der Waals surface area contributed by atoms with Crippen LogP contribution in [0.2, 0.25) is 0 Å². The van der Waals surface area contributed by atoms with Crippen molar-refractivity contribution in [2.45, 2.75) is 26.2 Å². The smallest absolute Gasteiger partial charge is 0.251 e. The second-order valence-corrected chi connectivity index (χ2v) is 6.71. The fourth-order valence-corrected chi connectivity index (χ4v) is 3.22. The minimum absolute atomic E-state index is 0.0634. The van der Waals surface area contributed by atoms with E-state index >= 15 is 0 Å². The predicted octanol–water partition coefficient (Wildman–Crippen LogP) is 4.10. The second-order valence-electron chi connectivity index (χ2n) is 6.71. The molecule has 1 fully saturated rings. The van der Waals surface area contributed by atoms with Gasteiger partial charge in [-0.3, -0.25) is 9.59 Å². The first-order chi connectivity index (χ1) is 12.7. The van der Waals surface area contributed by atoms with E-state index in [1.165, 1.54) is 0 Å². The van der Waals surface area contributed by atoms with Crippen molar-refractivity contribution >= 4 is 11.7 Å². The predicted molar refractivity (Wildman–Crippen MR) is 102 cm³/mol. The topological polar surface area (TPSA) is 55.4 Å². The lowest BCUT2D eigenvalue weighted by molar-refractivity contribution is 0.0949. The molecule has 0 spiro atoms. The van der Waals surface area contributed by atoms with Gasteiger partial charge in [-0.2, -0.15) is 0 Å². The molecule has 2 aromatic rings. The maximum atomic E-state index is 12.4. The summed E-state index contributed by atoms with van der Waals surface area (Å²) < 4.78 is 5.36. The van der Waals surface area contributed by atoms with E-state index in [2.05, 4.69) is 5.32 Å². The van der Waals surface area contributed by atoms with Gasteiger partial charge in [0.1, 0.15) is 0 Å². The maximum Gasteiger partial charge on any atom is 0.251 e. The number of nitrogens with one attached hydrogen (secondary N) is 1. The number of carbonyl (C=O) groups is 2. The summed E-state index contributed by atoms with van der Waals surface area (Å²) in [4.78, 5) is 24.4. The van der Waals surface area contributed by atoms with Crippen LogP contribution in [0, 0.1) is 5.92 Å². The third-order valence-electron chi connectivity index (χ3n) is 4.83. The average Bonchev–Trinajstić information content (AvgIpc) is 3.21. The number of benzene rings is 2. The van der Waals surface area contributed by atoms with Gasteiger partial charge in [-0.25, -0.2) is 0 Å². The van der Waals surface area contributed by atoms with E-state index in [4.69, 9.17) is 4.74 Å². The third-order valence-corrected chi connectivity index (χ3v) is 4.83. The van der Waals surface area contributed by atoms with E-state index in [0.717, 1.165) is 37.2 Å². The number of carbonyl (C=O) groups excluding carboxylic acids is 2. The Morgan fingerprint density at radius 1 is 1.08 bits per heavy atom. The molecule has 0 aliphatic carbocycles. The van der Waals surface area contributed by atoms with Gasteiger partial charge in [0, 0.05) is 37.3 Å². The van der Waals surface area contributed by atoms with E-state index in [1.807, 2.05) is 55.5 Å². The molecule has 1 atom stereocenters. The summed E-state index contributed by atoms with van der Waals surface area (Å²) in [6.07, 6.45) is 2.52. The summed E-state index contributed by atoms with van der Waals surface area (Å²) in [5.41, 5.74) is 3.23. The Hall–Kier alpha value is -2.46. The second kappa shape index (κ2) is 8.77. The van der Waals surface area contributed by atoms with Gasteiger partial charge < -0.3 is 10.1 Å². The molecule has 3 rings (SSSR count). The van der Waals surface area contributed by atoms with Crippen LogP contribution in [0.3, 0.4) is 0 Å². The summed E-state index contributed by atoms with van der Waals surface area (Å²) in [5.74, 6) is 0.615. The highest BCUT2D eigenvalue weighted by molar-refractivity contribution is 5.98. The Balaban J connectivity index is 1.67. The van der Waals surface area contributed by atoms with Gasteiger partial charge in [0.15, 0.2) is 5.78 Å². The molecule has 1 amide bonds. The molecule has 1 N–H and O–H groups in total. The Morgan fingerprint density at radius 3 is 2.42 bits per heavy atom. The van der Waals surface area contributed by atoms with E-state index in [0.29, 0.717) is 30.0 Å². The van der Waals surface area contributed by atoms with Crippen LogP contribution in [0.4, 0.5) is 0 Å². The fraction of sp³-hybridized carbons (Fsp3) is 0.364. The van der Waals surface area contributed by atoms with Crippen molar-refractivity contribution in [2.24, 2.45) is 5.92 Å². The zero-order valence-electron chi connectivity index (χ0n) is 15.2. The van der Waals surface area contributed by atoms with Crippen molar-refractivity contribution in [1.29, 1.82) is 0 Å². The Morgan fingerprint density at radius 2 is 1.77 bits per heavy atom. The zero-order valence-corrected chi connectivity index (χ0v) is 15.2. The van der Waals surface area contributed by atoms with Crippen molar-refractivity contribution in [3.63, 3.8) is 0 Å². The SMILES string of the molecule is CCC(=O)c1cccc(-c2cccc(C(=O)NCC[C@H]3CCOC3)c2)c1. The molecule has 0 unspecified atom stereocenters. The van der Waals surface area contributed by atoms with Gasteiger partial charge in [-0.05, 0) is 48.1 Å². The average molecular weight is 351 g/mol. The number of amides is 1. The molecule has 2 aromatic carbocycles. The molecular formula is C22H25NO3. The summed E-state index contributed by atoms with van der Waals surface area (Å²) in [6, 6.07) is 15.1. The van der Waals surface area contributed by atoms with Crippen LogP contribution in [0.25, 0.3) is 11.1 Å². The zero-order chi connectivity index (χ0) is 18.4. The van der Waals surface area contributed by atoms with Crippen LogP contribution in [0.5, 0.6) is 0 Å². The maximum absolute atomic E-state index is 12.4. The fourth-order valence-electron chi connectivity index (χ4n) is 3.22. The van der Waals surface area contributed by atoms with E-state index in [1.54, 1.807) is 0 Å². The molecule has 136 valence electrons. The first kappa shape index (κ1) is 18.3. The summed E-state index contributed by atoms with van der Waals surface area (Å²) in [7, 11) is 0. The van der Waals surface area contributed by atoms with E-state index in [9.17, 15) is 9.59 Å². The standard InChI is InChI=1S/C22H25NO3/c1-2-21(24)19-7-3-5-17(13-19)18-6-4-8-20(14-18)22(25)23-11-9-16-10-12-26-15-16/h3-8,13-14,16H,2,9-12,15H2,1H3,(H,23,25)/t16-/m0/s1. The Labute approximate surface area is 154 Å². The molecule has 1 aliphatic rings. The van der Waals surface area contributed by atoms with Crippen molar-refractivity contribution < 1.29 is 14.3 Å². The number of hydrogen-bond donors (Lipinski definition) is 1. The van der Waals surface area contributed by atoms with Gasteiger partial charge in [-0.1, -0.05) is 37.3 Å². The molecule has 26 heavy (non-hydrogen) atoms. The van der Waals surface area contributed by atoms with Crippen LogP contribution in [0.15, 0.2) is 48.5 Å². The monoisotopic (exact) mass is 351 g/mol. The van der Waals surface area contributed by atoms with E-state index < -0.39 is 0 Å². The lowest BCUT2D eigenvalue weighted by Crippen LogP contribution is -2.26. The van der Waals surface area contributed by atoms with Gasteiger partial charge >= 0.3 is 0 Å². The summed E-state index contributed by atoms with van der Waals surface area (Å²) in [5, 5.41) is 2.99. The molecule has 0 saturated carbocycles. The lowest BCUT2D eigenvalue weighted by atomic mass is 9.99. The van der Waals surface area contributed by atoms with E-state index in [-0.39, 0.29) is 11.7 Å². The lowest BCUT2D eigenvalue weighted by Gasteiger charge is -2.10. The van der Waals surface area contributed by atoms with Crippen molar-refractivity contribution in [3.05, 3.63) is 59.7 Å².